The van der Waals surface area contributed by atoms with Gasteiger partial charge in [-0.05, 0) is 13.0 Å². The van der Waals surface area contributed by atoms with Crippen LogP contribution in [0.3, 0.4) is 0 Å². The molecule has 9 nitrogen and oxygen atoms in total. The van der Waals surface area contributed by atoms with Crippen LogP contribution in [0, 0.1) is 11.3 Å². The first-order chi connectivity index (χ1) is 11.4. The third-order valence-electron chi connectivity index (χ3n) is 3.63. The SMILES string of the molecule is N#CCCCN(CCn1cnc2c1NC=NC2Cl)CCP(=O)(O)O. The number of aromatic nitrogens is 2. The number of nitrogens with one attached hydrogen (secondary N) is 1. The van der Waals surface area contributed by atoms with Gasteiger partial charge in [0.15, 0.2) is 5.50 Å². The number of imidazole rings is 1. The van der Waals surface area contributed by atoms with Gasteiger partial charge in [-0.15, -0.1) is 0 Å². The maximum Gasteiger partial charge on any atom is 0.326 e. The number of rotatable bonds is 9. The summed E-state index contributed by atoms with van der Waals surface area (Å²) in [6, 6.07) is 2.08. The molecular formula is C13H20ClN6O3P. The Hall–Kier alpha value is -1.43. The lowest BCUT2D eigenvalue weighted by molar-refractivity contribution is 0.267. The average molecular weight is 375 g/mol. The zero-order valence-electron chi connectivity index (χ0n) is 13.0. The molecule has 0 saturated heterocycles. The predicted molar refractivity (Wildman–Crippen MR) is 91.1 cm³/mol. The molecule has 0 spiro atoms. The summed E-state index contributed by atoms with van der Waals surface area (Å²) in [6.07, 6.45) is 4.07. The molecule has 3 N–H and O–H groups in total. The molecular weight excluding hydrogens is 355 g/mol. The largest absolute Gasteiger partial charge is 0.331 e. The zero-order chi connectivity index (χ0) is 17.6. The third-order valence-corrected chi connectivity index (χ3v) is 4.73. The van der Waals surface area contributed by atoms with Gasteiger partial charge in [-0.3, -0.25) is 4.57 Å². The summed E-state index contributed by atoms with van der Waals surface area (Å²) in [5.41, 5.74) is 0.148. The van der Waals surface area contributed by atoms with Crippen LogP contribution in [0.15, 0.2) is 11.3 Å². The molecule has 24 heavy (non-hydrogen) atoms. The quantitative estimate of drug-likeness (QED) is 0.258. The fourth-order valence-corrected chi connectivity index (χ4v) is 3.13. The number of fused-ring (bicyclic) bond motifs is 1. The van der Waals surface area contributed by atoms with Crippen molar-refractivity contribution in [3.8, 4) is 6.07 Å². The Balaban J connectivity index is 1.94. The van der Waals surface area contributed by atoms with Crippen LogP contribution in [-0.2, 0) is 11.1 Å². The highest BCUT2D eigenvalue weighted by Crippen LogP contribution is 2.34. The number of hydrogen-bond donors (Lipinski definition) is 3. The number of nitriles is 1. The second-order valence-electron chi connectivity index (χ2n) is 5.42. The molecule has 0 aromatic carbocycles. The zero-order valence-corrected chi connectivity index (χ0v) is 14.7. The van der Waals surface area contributed by atoms with Crippen molar-refractivity contribution < 1.29 is 14.4 Å². The van der Waals surface area contributed by atoms with E-state index in [0.717, 1.165) is 5.82 Å². The van der Waals surface area contributed by atoms with Gasteiger partial charge < -0.3 is 24.6 Å². The molecule has 1 aromatic heterocycles. The van der Waals surface area contributed by atoms with Crippen molar-refractivity contribution in [3.05, 3.63) is 12.0 Å². The van der Waals surface area contributed by atoms with E-state index in [0.29, 0.717) is 38.2 Å². The Bertz CT molecular complexity index is 667. The predicted octanol–water partition coefficient (Wildman–Crippen LogP) is 1.36. The van der Waals surface area contributed by atoms with Crippen molar-refractivity contribution in [1.29, 1.82) is 5.26 Å². The lowest BCUT2D eigenvalue weighted by Gasteiger charge is -2.23. The highest BCUT2D eigenvalue weighted by molar-refractivity contribution is 7.51. The number of unbranched alkanes of at least 4 members (excludes halogenated alkanes) is 1. The first kappa shape index (κ1) is 18.9. The van der Waals surface area contributed by atoms with Gasteiger partial charge in [0.2, 0.25) is 0 Å². The van der Waals surface area contributed by atoms with Crippen LogP contribution < -0.4 is 5.32 Å². The number of aliphatic imine (C=N–C) groups is 1. The molecule has 1 aromatic rings. The highest BCUT2D eigenvalue weighted by Gasteiger charge is 2.21. The van der Waals surface area contributed by atoms with E-state index in [1.54, 1.807) is 6.33 Å². The topological polar surface area (TPSA) is 127 Å². The Morgan fingerprint density at radius 3 is 2.96 bits per heavy atom. The van der Waals surface area contributed by atoms with Crippen LogP contribution in [0.2, 0.25) is 0 Å². The Labute approximate surface area is 145 Å². The summed E-state index contributed by atoms with van der Waals surface area (Å²) in [5.74, 6) is 0.775. The lowest BCUT2D eigenvalue weighted by Crippen LogP contribution is -2.31. The van der Waals surface area contributed by atoms with E-state index < -0.39 is 13.1 Å². The van der Waals surface area contributed by atoms with E-state index in [9.17, 15) is 4.57 Å². The molecule has 1 aliphatic heterocycles. The number of hydrogen-bond acceptors (Lipinski definition) is 6. The van der Waals surface area contributed by atoms with Crippen molar-refractivity contribution in [1.82, 2.24) is 14.5 Å². The van der Waals surface area contributed by atoms with Gasteiger partial charge in [-0.25, -0.2) is 9.98 Å². The summed E-state index contributed by atoms with van der Waals surface area (Å²) in [6.45, 7) is 2.05. The first-order valence-electron chi connectivity index (χ1n) is 7.52. The van der Waals surface area contributed by atoms with Crippen molar-refractivity contribution in [2.24, 2.45) is 4.99 Å². The molecule has 2 rings (SSSR count). The van der Waals surface area contributed by atoms with Gasteiger partial charge in [-0.1, -0.05) is 11.6 Å². The fourth-order valence-electron chi connectivity index (χ4n) is 2.37. The molecule has 2 heterocycles. The normalized spacial score (nSPS) is 16.7. The number of nitrogens with zero attached hydrogens (tertiary/aromatic N) is 5. The van der Waals surface area contributed by atoms with Crippen LogP contribution in [0.5, 0.6) is 0 Å². The van der Waals surface area contributed by atoms with Gasteiger partial charge in [0, 0.05) is 26.1 Å². The Kier molecular flexibility index (Phi) is 6.78. The Morgan fingerprint density at radius 2 is 2.25 bits per heavy atom. The number of alkyl halides is 1. The summed E-state index contributed by atoms with van der Waals surface area (Å²) in [5, 5.41) is 11.6. The molecule has 0 aliphatic carbocycles. The lowest BCUT2D eigenvalue weighted by atomic mass is 10.3. The van der Waals surface area contributed by atoms with E-state index in [4.69, 9.17) is 26.6 Å². The van der Waals surface area contributed by atoms with Gasteiger partial charge >= 0.3 is 7.60 Å². The maximum atomic E-state index is 11.1. The number of anilines is 1. The number of halogens is 1. The summed E-state index contributed by atoms with van der Waals surface area (Å²) < 4.78 is 13.0. The van der Waals surface area contributed by atoms with Crippen molar-refractivity contribution in [2.75, 3.05) is 31.1 Å². The van der Waals surface area contributed by atoms with E-state index in [-0.39, 0.29) is 12.7 Å². The highest BCUT2D eigenvalue weighted by atomic mass is 35.5. The smallest absolute Gasteiger partial charge is 0.326 e. The van der Waals surface area contributed by atoms with Gasteiger partial charge in [0.05, 0.1) is 24.9 Å². The molecule has 0 radical (unpaired) electrons. The van der Waals surface area contributed by atoms with Crippen LogP contribution in [0.4, 0.5) is 5.82 Å². The fraction of sp³-hybridized carbons (Fsp3) is 0.615. The molecule has 0 saturated carbocycles. The van der Waals surface area contributed by atoms with Gasteiger partial charge in [0.1, 0.15) is 11.5 Å². The minimum atomic E-state index is -4.04. The van der Waals surface area contributed by atoms with Gasteiger partial charge in [-0.2, -0.15) is 5.26 Å². The average Bonchev–Trinajstić information content (AvgIpc) is 2.93. The molecule has 1 atom stereocenters. The first-order valence-corrected chi connectivity index (χ1v) is 9.75. The van der Waals surface area contributed by atoms with Crippen LogP contribution >= 0.6 is 19.2 Å². The molecule has 132 valence electrons. The van der Waals surface area contributed by atoms with E-state index in [1.807, 2.05) is 9.47 Å². The van der Waals surface area contributed by atoms with Crippen LogP contribution in [0.1, 0.15) is 24.0 Å². The molecule has 1 aliphatic rings. The van der Waals surface area contributed by atoms with Crippen molar-refractivity contribution in [3.63, 3.8) is 0 Å². The molecule has 0 bridgehead atoms. The van der Waals surface area contributed by atoms with E-state index in [1.165, 1.54) is 6.34 Å². The minimum Gasteiger partial charge on any atom is -0.331 e. The van der Waals surface area contributed by atoms with Crippen LogP contribution in [0.25, 0.3) is 0 Å². The second-order valence-corrected chi connectivity index (χ2v) is 7.61. The standard InChI is InChI=1S/C13H20ClN6O3P/c14-12-11-13(17-9-16-12)20(10-18-11)6-5-19(4-2-1-3-15)7-8-24(21,22)23/h9-10,12H,1-2,4-8H2,(H,16,17)(H2,21,22,23). The Morgan fingerprint density at radius 1 is 1.46 bits per heavy atom. The van der Waals surface area contributed by atoms with E-state index in [2.05, 4.69) is 21.4 Å². The monoisotopic (exact) mass is 374 g/mol. The van der Waals surface area contributed by atoms with Crippen LogP contribution in [-0.4, -0.2) is 56.4 Å². The second kappa shape index (κ2) is 8.60. The maximum absolute atomic E-state index is 11.1. The van der Waals surface area contributed by atoms with Gasteiger partial charge in [0.25, 0.3) is 0 Å². The summed E-state index contributed by atoms with van der Waals surface area (Å²) in [7, 11) is -4.04. The molecule has 1 unspecified atom stereocenters. The molecule has 0 fully saturated rings. The summed E-state index contributed by atoms with van der Waals surface area (Å²) in [4.78, 5) is 28.3. The van der Waals surface area contributed by atoms with E-state index >= 15 is 0 Å². The molecule has 0 amide bonds. The summed E-state index contributed by atoms with van der Waals surface area (Å²) >= 11 is 6.07. The third kappa shape index (κ3) is 5.58. The minimum absolute atomic E-state index is 0.198. The van der Waals surface area contributed by atoms with Crippen molar-refractivity contribution >= 4 is 31.4 Å². The van der Waals surface area contributed by atoms with Crippen molar-refractivity contribution in [2.45, 2.75) is 24.9 Å². The molecule has 11 heteroatoms.